The van der Waals surface area contributed by atoms with Gasteiger partial charge in [0.1, 0.15) is 10.6 Å². The third-order valence-electron chi connectivity index (χ3n) is 3.08. The Morgan fingerprint density at radius 1 is 1.00 bits per heavy atom. The van der Waals surface area contributed by atoms with Crippen molar-refractivity contribution in [3.05, 3.63) is 40.7 Å². The highest BCUT2D eigenvalue weighted by molar-refractivity contribution is 7.92. The van der Waals surface area contributed by atoms with Gasteiger partial charge in [-0.05, 0) is 51.0 Å². The fourth-order valence-corrected chi connectivity index (χ4v) is 3.68. The van der Waals surface area contributed by atoms with Crippen molar-refractivity contribution in [3.63, 3.8) is 0 Å². The number of hydrogen-bond donors (Lipinski definition) is 1. The van der Waals surface area contributed by atoms with Crippen LogP contribution in [-0.2, 0) is 10.0 Å². The maximum atomic E-state index is 12.7. The van der Waals surface area contributed by atoms with Crippen LogP contribution in [0.2, 0.25) is 0 Å². The summed E-state index contributed by atoms with van der Waals surface area (Å²) in [4.78, 5) is 8.31. The van der Waals surface area contributed by atoms with Gasteiger partial charge in [-0.15, -0.1) is 0 Å². The molecule has 0 radical (unpaired) electrons. The van der Waals surface area contributed by atoms with E-state index < -0.39 is 10.0 Å². The molecule has 118 valence electrons. The van der Waals surface area contributed by atoms with E-state index in [-0.39, 0.29) is 10.8 Å². The molecular formula is C15H19N3O3S. The maximum absolute atomic E-state index is 12.7. The van der Waals surface area contributed by atoms with Crippen molar-refractivity contribution < 1.29 is 13.2 Å². The number of aromatic nitrogens is 2. The van der Waals surface area contributed by atoms with Crippen LogP contribution in [0.5, 0.6) is 5.75 Å². The van der Waals surface area contributed by atoms with E-state index >= 15 is 0 Å². The molecule has 1 heterocycles. The molecule has 2 rings (SSSR count). The molecule has 0 atom stereocenters. The van der Waals surface area contributed by atoms with Crippen molar-refractivity contribution in [3.8, 4) is 5.75 Å². The van der Waals surface area contributed by atoms with E-state index in [4.69, 9.17) is 4.74 Å². The number of nitrogens with zero attached hydrogens (tertiary/aromatic N) is 2. The summed E-state index contributed by atoms with van der Waals surface area (Å²) in [6.07, 6.45) is 0. The van der Waals surface area contributed by atoms with Gasteiger partial charge in [-0.2, -0.15) is 0 Å². The number of benzene rings is 1. The first-order valence-corrected chi connectivity index (χ1v) is 8.21. The maximum Gasteiger partial charge on any atom is 0.268 e. The highest BCUT2D eigenvalue weighted by atomic mass is 32.2. The van der Waals surface area contributed by atoms with Crippen LogP contribution in [0.1, 0.15) is 22.5 Å². The Balaban J connectivity index is 2.51. The largest absolute Gasteiger partial charge is 0.495 e. The second kappa shape index (κ2) is 5.92. The smallest absolute Gasteiger partial charge is 0.268 e. The number of methoxy groups -OCH3 is 1. The molecule has 6 nitrogen and oxygen atoms in total. The molecule has 22 heavy (non-hydrogen) atoms. The number of hydrogen-bond acceptors (Lipinski definition) is 5. The summed E-state index contributed by atoms with van der Waals surface area (Å²) in [7, 11) is -2.39. The second-order valence-electron chi connectivity index (χ2n) is 5.19. The van der Waals surface area contributed by atoms with Crippen LogP contribution in [0.4, 0.5) is 5.95 Å². The third-order valence-corrected chi connectivity index (χ3v) is 4.59. The normalized spacial score (nSPS) is 11.3. The van der Waals surface area contributed by atoms with Crippen molar-refractivity contribution in [1.29, 1.82) is 0 Å². The molecule has 0 fully saturated rings. The summed E-state index contributed by atoms with van der Waals surface area (Å²) >= 11 is 0. The van der Waals surface area contributed by atoms with E-state index in [2.05, 4.69) is 14.7 Å². The molecule has 0 amide bonds. The molecule has 1 aromatic carbocycles. The van der Waals surface area contributed by atoms with Gasteiger partial charge in [0.25, 0.3) is 10.0 Å². The third kappa shape index (κ3) is 3.36. The Labute approximate surface area is 130 Å². The number of anilines is 1. The molecule has 0 aliphatic carbocycles. The van der Waals surface area contributed by atoms with Crippen LogP contribution in [0.25, 0.3) is 0 Å². The molecule has 0 bridgehead atoms. The van der Waals surface area contributed by atoms with Crippen LogP contribution in [0, 0.1) is 27.7 Å². The molecule has 0 aliphatic rings. The van der Waals surface area contributed by atoms with Gasteiger partial charge in [-0.1, -0.05) is 6.07 Å². The number of aryl methyl sites for hydroxylation is 4. The number of rotatable bonds is 4. The minimum absolute atomic E-state index is 0.0551. The van der Waals surface area contributed by atoms with E-state index in [9.17, 15) is 8.42 Å². The van der Waals surface area contributed by atoms with Gasteiger partial charge in [0, 0.05) is 11.4 Å². The summed E-state index contributed by atoms with van der Waals surface area (Å²) in [5.74, 6) is 0.355. The molecule has 0 aliphatic heterocycles. The minimum Gasteiger partial charge on any atom is -0.495 e. The summed E-state index contributed by atoms with van der Waals surface area (Å²) < 4.78 is 33.0. The van der Waals surface area contributed by atoms with Crippen molar-refractivity contribution >= 4 is 16.0 Å². The predicted molar refractivity (Wildman–Crippen MR) is 84.8 cm³/mol. The van der Waals surface area contributed by atoms with Crippen molar-refractivity contribution in [2.45, 2.75) is 32.6 Å². The lowest BCUT2D eigenvalue weighted by atomic mass is 10.1. The minimum atomic E-state index is -3.84. The zero-order valence-corrected chi connectivity index (χ0v) is 14.1. The highest BCUT2D eigenvalue weighted by Crippen LogP contribution is 2.29. The molecule has 0 saturated heterocycles. The average molecular weight is 321 g/mol. The molecule has 2 aromatic rings. The van der Waals surface area contributed by atoms with E-state index in [0.717, 1.165) is 5.56 Å². The number of ether oxygens (including phenoxy) is 1. The summed E-state index contributed by atoms with van der Waals surface area (Å²) in [5, 5.41) is 0. The van der Waals surface area contributed by atoms with Crippen molar-refractivity contribution in [2.75, 3.05) is 11.8 Å². The highest BCUT2D eigenvalue weighted by Gasteiger charge is 2.23. The number of nitrogens with one attached hydrogen (secondary N) is 1. The lowest BCUT2D eigenvalue weighted by Crippen LogP contribution is -2.18. The lowest BCUT2D eigenvalue weighted by Gasteiger charge is -2.14. The van der Waals surface area contributed by atoms with E-state index in [1.165, 1.54) is 7.11 Å². The quantitative estimate of drug-likeness (QED) is 0.936. The van der Waals surface area contributed by atoms with E-state index in [0.29, 0.717) is 22.7 Å². The van der Waals surface area contributed by atoms with Crippen molar-refractivity contribution in [2.24, 2.45) is 0 Å². The topological polar surface area (TPSA) is 81.2 Å². The van der Waals surface area contributed by atoms with E-state index in [1.54, 1.807) is 39.0 Å². The summed E-state index contributed by atoms with van der Waals surface area (Å²) in [6.45, 7) is 7.17. The van der Waals surface area contributed by atoms with Crippen LogP contribution >= 0.6 is 0 Å². The van der Waals surface area contributed by atoms with Crippen molar-refractivity contribution in [1.82, 2.24) is 9.97 Å². The monoisotopic (exact) mass is 321 g/mol. The van der Waals surface area contributed by atoms with E-state index in [1.807, 2.05) is 6.92 Å². The molecule has 0 saturated carbocycles. The van der Waals surface area contributed by atoms with Gasteiger partial charge in [-0.25, -0.2) is 23.1 Å². The Morgan fingerprint density at radius 2 is 1.59 bits per heavy atom. The van der Waals surface area contributed by atoms with Crippen LogP contribution in [0.3, 0.4) is 0 Å². The first-order valence-electron chi connectivity index (χ1n) is 6.73. The van der Waals surface area contributed by atoms with Crippen LogP contribution in [-0.4, -0.2) is 25.5 Å². The molecule has 1 N–H and O–H groups in total. The Bertz CT molecular complexity index is 797. The Hall–Kier alpha value is -2.15. The zero-order valence-electron chi connectivity index (χ0n) is 13.3. The standard InChI is InChI=1S/C15H19N3O3S/c1-9-6-10(2)14(13(7-9)21-5)22(19,20)18-15-16-11(3)8-12(4)17-15/h6-8H,1-5H3,(H,16,17,18). The van der Waals surface area contributed by atoms with Gasteiger partial charge < -0.3 is 4.74 Å². The molecule has 0 spiro atoms. The average Bonchev–Trinajstić information content (AvgIpc) is 2.34. The van der Waals surface area contributed by atoms with Gasteiger partial charge >= 0.3 is 0 Å². The summed E-state index contributed by atoms with van der Waals surface area (Å²) in [6, 6.07) is 5.25. The zero-order chi connectivity index (χ0) is 16.5. The van der Waals surface area contributed by atoms with Gasteiger partial charge in [0.15, 0.2) is 0 Å². The lowest BCUT2D eigenvalue weighted by molar-refractivity contribution is 0.402. The first kappa shape index (κ1) is 16.2. The van der Waals surface area contributed by atoms with Gasteiger partial charge in [0.05, 0.1) is 7.11 Å². The molecule has 1 aromatic heterocycles. The fraction of sp³-hybridized carbons (Fsp3) is 0.333. The summed E-state index contributed by atoms with van der Waals surface area (Å²) in [5.41, 5.74) is 2.92. The predicted octanol–water partition coefficient (Wildman–Crippen LogP) is 2.52. The molecular weight excluding hydrogens is 302 g/mol. The van der Waals surface area contributed by atoms with Gasteiger partial charge in [-0.3, -0.25) is 0 Å². The first-order chi connectivity index (χ1) is 10.2. The molecule has 0 unspecified atom stereocenters. The Morgan fingerprint density at radius 3 is 2.14 bits per heavy atom. The van der Waals surface area contributed by atoms with Crippen LogP contribution < -0.4 is 9.46 Å². The van der Waals surface area contributed by atoms with Crippen LogP contribution in [0.15, 0.2) is 23.1 Å². The second-order valence-corrected chi connectivity index (χ2v) is 6.81. The SMILES string of the molecule is COc1cc(C)cc(C)c1S(=O)(=O)Nc1nc(C)cc(C)n1. The van der Waals surface area contributed by atoms with Gasteiger partial charge in [0.2, 0.25) is 5.95 Å². The molecule has 7 heteroatoms. The fourth-order valence-electron chi connectivity index (χ4n) is 2.35. The Kier molecular flexibility index (Phi) is 4.37. The number of sulfonamides is 1.